The lowest BCUT2D eigenvalue weighted by molar-refractivity contribution is -0.122. The molecule has 0 unspecified atom stereocenters. The van der Waals surface area contributed by atoms with Crippen molar-refractivity contribution in [2.24, 2.45) is 0 Å². The Morgan fingerprint density at radius 2 is 1.49 bits per heavy atom. The second-order valence-corrected chi connectivity index (χ2v) is 9.47. The number of anilines is 1. The van der Waals surface area contributed by atoms with Gasteiger partial charge in [0.25, 0.3) is 11.8 Å². The van der Waals surface area contributed by atoms with Gasteiger partial charge in [-0.05, 0) is 70.4 Å². The number of barbiturate groups is 1. The minimum atomic E-state index is -0.858. The molecule has 4 aromatic carbocycles. The molecule has 184 valence electrons. The molecule has 1 aliphatic heterocycles. The second kappa shape index (κ2) is 10.3. The van der Waals surface area contributed by atoms with Crippen LogP contribution in [0.5, 0.6) is 5.75 Å². The second-order valence-electron chi connectivity index (χ2n) is 8.22. The standard InChI is InChI=1S/C28H17Cl3N2O4/c29-20-7-9-21(10-8-20)33-27(35)22(26(34)32-28(33)36)12-17-13-23(30)25(24(31)14-17)37-15-16-5-6-18-3-1-2-4-19(18)11-16/h1-14H,15H2,(H,32,34,36)/b22-12+. The molecule has 37 heavy (non-hydrogen) atoms. The molecule has 1 fully saturated rings. The van der Waals surface area contributed by atoms with E-state index in [4.69, 9.17) is 39.5 Å². The molecule has 0 aliphatic carbocycles. The summed E-state index contributed by atoms with van der Waals surface area (Å²) in [5, 5.41) is 5.22. The number of rotatable bonds is 5. The summed E-state index contributed by atoms with van der Waals surface area (Å²) >= 11 is 18.8. The van der Waals surface area contributed by atoms with Crippen LogP contribution in [0.1, 0.15) is 11.1 Å². The van der Waals surface area contributed by atoms with Gasteiger partial charge >= 0.3 is 6.03 Å². The first-order valence-electron chi connectivity index (χ1n) is 11.1. The van der Waals surface area contributed by atoms with Gasteiger partial charge in [0.2, 0.25) is 0 Å². The zero-order valence-electron chi connectivity index (χ0n) is 19.0. The molecule has 4 amide bonds. The molecule has 5 rings (SSSR count). The van der Waals surface area contributed by atoms with Crippen LogP contribution < -0.4 is 15.0 Å². The molecule has 0 spiro atoms. The average molecular weight is 552 g/mol. The first kappa shape index (κ1) is 24.8. The molecule has 0 saturated carbocycles. The smallest absolute Gasteiger partial charge is 0.335 e. The van der Waals surface area contributed by atoms with Crippen LogP contribution in [0.2, 0.25) is 15.1 Å². The Balaban J connectivity index is 1.39. The number of fused-ring (bicyclic) bond motifs is 1. The largest absolute Gasteiger partial charge is 0.486 e. The Labute approximate surface area is 227 Å². The predicted octanol–water partition coefficient (Wildman–Crippen LogP) is 7.05. The van der Waals surface area contributed by atoms with Crippen LogP contribution in [-0.4, -0.2) is 17.8 Å². The molecule has 4 aromatic rings. The molecule has 0 atom stereocenters. The third-order valence-electron chi connectivity index (χ3n) is 5.72. The maximum atomic E-state index is 13.1. The van der Waals surface area contributed by atoms with Crippen molar-refractivity contribution < 1.29 is 19.1 Å². The van der Waals surface area contributed by atoms with Crippen molar-refractivity contribution in [1.82, 2.24) is 5.32 Å². The molecule has 1 N–H and O–H groups in total. The fraction of sp³-hybridized carbons (Fsp3) is 0.0357. The highest BCUT2D eigenvalue weighted by atomic mass is 35.5. The van der Waals surface area contributed by atoms with Gasteiger partial charge in [0, 0.05) is 5.02 Å². The fourth-order valence-electron chi connectivity index (χ4n) is 3.93. The summed E-state index contributed by atoms with van der Waals surface area (Å²) in [6.45, 7) is 0.240. The molecule has 9 heteroatoms. The summed E-state index contributed by atoms with van der Waals surface area (Å²) in [6, 6.07) is 22.3. The van der Waals surface area contributed by atoms with Gasteiger partial charge in [0.1, 0.15) is 12.2 Å². The lowest BCUT2D eigenvalue weighted by Gasteiger charge is -2.26. The summed E-state index contributed by atoms with van der Waals surface area (Å²) < 4.78 is 5.89. The zero-order valence-corrected chi connectivity index (χ0v) is 21.3. The molecule has 0 radical (unpaired) electrons. The number of carbonyl (C=O) groups excluding carboxylic acids is 3. The number of nitrogens with zero attached hydrogens (tertiary/aromatic N) is 1. The average Bonchev–Trinajstić information content (AvgIpc) is 2.87. The van der Waals surface area contributed by atoms with Gasteiger partial charge in [-0.1, -0.05) is 71.2 Å². The maximum Gasteiger partial charge on any atom is 0.335 e. The number of amides is 4. The highest BCUT2D eigenvalue weighted by molar-refractivity contribution is 6.40. The van der Waals surface area contributed by atoms with Crippen LogP contribution >= 0.6 is 34.8 Å². The molecular formula is C28H17Cl3N2O4. The summed E-state index contributed by atoms with van der Waals surface area (Å²) in [7, 11) is 0. The van der Waals surface area contributed by atoms with Gasteiger partial charge in [-0.2, -0.15) is 0 Å². The summed E-state index contributed by atoms with van der Waals surface area (Å²) in [4.78, 5) is 38.8. The number of hydrogen-bond donors (Lipinski definition) is 1. The van der Waals surface area contributed by atoms with E-state index in [0.717, 1.165) is 21.2 Å². The Hall–Kier alpha value is -3.84. The number of nitrogens with one attached hydrogen (secondary N) is 1. The van der Waals surface area contributed by atoms with E-state index in [0.29, 0.717) is 10.6 Å². The number of imide groups is 2. The predicted molar refractivity (Wildman–Crippen MR) is 145 cm³/mol. The van der Waals surface area contributed by atoms with Crippen LogP contribution in [0.25, 0.3) is 16.8 Å². The van der Waals surface area contributed by atoms with Crippen molar-refractivity contribution in [2.45, 2.75) is 6.61 Å². The minimum absolute atomic E-state index is 0.203. The molecular weight excluding hydrogens is 535 g/mol. The van der Waals surface area contributed by atoms with E-state index in [2.05, 4.69) is 5.32 Å². The lowest BCUT2D eigenvalue weighted by atomic mass is 10.1. The lowest BCUT2D eigenvalue weighted by Crippen LogP contribution is -2.54. The van der Waals surface area contributed by atoms with Gasteiger partial charge in [0.05, 0.1) is 15.7 Å². The molecule has 0 bridgehead atoms. The van der Waals surface area contributed by atoms with E-state index in [-0.39, 0.29) is 33.7 Å². The van der Waals surface area contributed by atoms with Crippen molar-refractivity contribution >= 4 is 75.2 Å². The highest BCUT2D eigenvalue weighted by Gasteiger charge is 2.36. The quantitative estimate of drug-likeness (QED) is 0.213. The van der Waals surface area contributed by atoms with Gasteiger partial charge in [-0.15, -0.1) is 0 Å². The highest BCUT2D eigenvalue weighted by Crippen LogP contribution is 2.36. The number of hydrogen-bond acceptors (Lipinski definition) is 4. The number of carbonyl (C=O) groups is 3. The number of urea groups is 1. The van der Waals surface area contributed by atoms with E-state index in [1.807, 2.05) is 42.5 Å². The van der Waals surface area contributed by atoms with E-state index in [1.54, 1.807) is 0 Å². The van der Waals surface area contributed by atoms with Crippen LogP contribution in [0.4, 0.5) is 10.5 Å². The number of benzene rings is 4. The van der Waals surface area contributed by atoms with Crippen molar-refractivity contribution in [2.75, 3.05) is 4.90 Å². The topological polar surface area (TPSA) is 75.7 Å². The summed E-state index contributed by atoms with van der Waals surface area (Å²) in [6.07, 6.45) is 1.32. The Kier molecular flexibility index (Phi) is 6.89. The van der Waals surface area contributed by atoms with E-state index in [9.17, 15) is 14.4 Å². The summed E-state index contributed by atoms with van der Waals surface area (Å²) in [5.74, 6) is -1.35. The van der Waals surface area contributed by atoms with Crippen molar-refractivity contribution in [3.05, 3.63) is 111 Å². The SMILES string of the molecule is O=C1NC(=O)N(c2ccc(Cl)cc2)C(=O)/C1=C/c1cc(Cl)c(OCc2ccc3ccccc3c2)c(Cl)c1. The van der Waals surface area contributed by atoms with Gasteiger partial charge < -0.3 is 4.74 Å². The third kappa shape index (κ3) is 5.18. The maximum absolute atomic E-state index is 13.1. The normalized spacial score (nSPS) is 14.8. The van der Waals surface area contributed by atoms with Gasteiger partial charge in [-0.25, -0.2) is 9.69 Å². The zero-order chi connectivity index (χ0) is 26.1. The first-order chi connectivity index (χ1) is 17.8. The van der Waals surface area contributed by atoms with Gasteiger partial charge in [-0.3, -0.25) is 14.9 Å². The van der Waals surface area contributed by atoms with E-state index < -0.39 is 17.8 Å². The molecule has 1 heterocycles. The third-order valence-corrected chi connectivity index (χ3v) is 6.53. The monoisotopic (exact) mass is 550 g/mol. The Morgan fingerprint density at radius 3 is 2.19 bits per heavy atom. The van der Waals surface area contributed by atoms with Crippen LogP contribution in [0.15, 0.2) is 84.4 Å². The summed E-state index contributed by atoms with van der Waals surface area (Å²) in [5.41, 5.74) is 1.33. The van der Waals surface area contributed by atoms with Crippen LogP contribution in [0, 0.1) is 0 Å². The van der Waals surface area contributed by atoms with E-state index >= 15 is 0 Å². The Bertz CT molecular complexity index is 1580. The molecule has 0 aromatic heterocycles. The van der Waals surface area contributed by atoms with Crippen molar-refractivity contribution in [3.8, 4) is 5.75 Å². The molecule has 1 aliphatic rings. The minimum Gasteiger partial charge on any atom is -0.486 e. The van der Waals surface area contributed by atoms with Gasteiger partial charge in [0.15, 0.2) is 5.75 Å². The number of halogens is 3. The van der Waals surface area contributed by atoms with Crippen LogP contribution in [-0.2, 0) is 16.2 Å². The van der Waals surface area contributed by atoms with Crippen LogP contribution in [0.3, 0.4) is 0 Å². The molecule has 1 saturated heterocycles. The first-order valence-corrected chi connectivity index (χ1v) is 12.2. The van der Waals surface area contributed by atoms with Crippen molar-refractivity contribution in [1.29, 1.82) is 0 Å². The molecule has 6 nitrogen and oxygen atoms in total. The van der Waals surface area contributed by atoms with Crippen molar-refractivity contribution in [3.63, 3.8) is 0 Å². The fourth-order valence-corrected chi connectivity index (χ4v) is 4.67. The number of ether oxygens (including phenoxy) is 1. The van der Waals surface area contributed by atoms with E-state index in [1.165, 1.54) is 42.5 Å². The Morgan fingerprint density at radius 1 is 0.811 bits per heavy atom.